The molecule has 2 aliphatic heterocycles. The highest BCUT2D eigenvalue weighted by atomic mass is 16.5. The van der Waals surface area contributed by atoms with Crippen molar-refractivity contribution in [1.29, 1.82) is 0 Å². The monoisotopic (exact) mass is 405 g/mol. The van der Waals surface area contributed by atoms with E-state index < -0.39 is 0 Å². The van der Waals surface area contributed by atoms with Crippen molar-refractivity contribution in [1.82, 2.24) is 5.32 Å². The number of carbonyl (C=O) groups is 1. The molecule has 1 aromatic heterocycles. The zero-order chi connectivity index (χ0) is 20.5. The minimum atomic E-state index is -0.275. The summed E-state index contributed by atoms with van der Waals surface area (Å²) in [5.74, 6) is 2.93. The van der Waals surface area contributed by atoms with E-state index in [0.29, 0.717) is 24.2 Å². The molecule has 3 heterocycles. The first-order chi connectivity index (χ1) is 14.6. The van der Waals surface area contributed by atoms with Gasteiger partial charge in [-0.3, -0.25) is 4.79 Å². The van der Waals surface area contributed by atoms with Gasteiger partial charge in [-0.1, -0.05) is 26.2 Å². The van der Waals surface area contributed by atoms with Crippen LogP contribution in [0.1, 0.15) is 62.1 Å². The Bertz CT molecular complexity index is 990. The van der Waals surface area contributed by atoms with Crippen molar-refractivity contribution in [2.75, 3.05) is 6.54 Å². The summed E-state index contributed by atoms with van der Waals surface area (Å²) < 4.78 is 11.7. The minimum absolute atomic E-state index is 0.112. The van der Waals surface area contributed by atoms with Gasteiger partial charge in [0.2, 0.25) is 0 Å². The summed E-state index contributed by atoms with van der Waals surface area (Å²) in [6.07, 6.45) is 11.4. The van der Waals surface area contributed by atoms with E-state index in [1.807, 2.05) is 12.3 Å². The molecule has 4 unspecified atom stereocenters. The van der Waals surface area contributed by atoms with Crippen LogP contribution in [-0.2, 0) is 16.6 Å². The summed E-state index contributed by atoms with van der Waals surface area (Å²) in [5.41, 5.74) is 6.12. The lowest BCUT2D eigenvalue weighted by Crippen LogP contribution is -2.65. The summed E-state index contributed by atoms with van der Waals surface area (Å²) in [5, 5.41) is 3.74. The highest BCUT2D eigenvalue weighted by Crippen LogP contribution is 2.62. The average Bonchev–Trinajstić information content (AvgIpc) is 3.31. The molecule has 1 N–H and O–H groups in total. The Morgan fingerprint density at radius 2 is 2.13 bits per heavy atom. The van der Waals surface area contributed by atoms with E-state index >= 15 is 0 Å². The third kappa shape index (κ3) is 2.52. The van der Waals surface area contributed by atoms with Crippen LogP contribution in [-0.4, -0.2) is 24.5 Å². The number of Topliss-reactive ketones (excluding diaryl/α,β-unsaturated/α-hetero) is 1. The molecule has 2 saturated carbocycles. The van der Waals surface area contributed by atoms with Crippen molar-refractivity contribution >= 4 is 5.78 Å². The number of carbonyl (C=O) groups excluding carboxylic acids is 1. The smallest absolute Gasteiger partial charge is 0.174 e. The molecule has 30 heavy (non-hydrogen) atoms. The minimum Gasteiger partial charge on any atom is -0.481 e. The molecule has 5 aliphatic rings. The van der Waals surface area contributed by atoms with Crippen LogP contribution < -0.4 is 10.1 Å². The van der Waals surface area contributed by atoms with E-state index in [0.717, 1.165) is 48.6 Å². The molecule has 2 aromatic rings. The SMILES string of the molecule is CCC1CC1.Cc1cc(-c2ccoc2)c2c3c1OC1C(=O)CCC4C(C2)NCCC314. The predicted molar refractivity (Wildman–Crippen MR) is 116 cm³/mol. The molecule has 1 aromatic carbocycles. The molecular formula is C26H31NO3. The Labute approximate surface area is 178 Å². The number of benzene rings is 1. The van der Waals surface area contributed by atoms with E-state index in [-0.39, 0.29) is 11.5 Å². The number of hydrogen-bond donors (Lipinski definition) is 1. The van der Waals surface area contributed by atoms with Gasteiger partial charge in [0.1, 0.15) is 5.75 Å². The van der Waals surface area contributed by atoms with Crippen LogP contribution in [0.3, 0.4) is 0 Å². The molecule has 4 nitrogen and oxygen atoms in total. The number of nitrogens with one attached hydrogen (secondary N) is 1. The maximum atomic E-state index is 12.8. The standard InChI is InChI=1S/C21H21NO3.C5H10/c1-11-8-13(12-4-7-24-10-12)14-9-16-15-2-3-17(23)20-21(15,5-6-22-16)18(14)19(11)25-20;1-2-5-3-4-5/h4,7-8,10,15-16,20,22H,2-3,5-6,9H2,1H3;5H,2-4H2,1H3. The molecular weight excluding hydrogens is 374 g/mol. The maximum absolute atomic E-state index is 12.8. The van der Waals surface area contributed by atoms with Crippen molar-refractivity contribution in [2.45, 2.75) is 76.4 Å². The number of piperidine rings is 1. The Kier molecular flexibility index (Phi) is 4.18. The van der Waals surface area contributed by atoms with Gasteiger partial charge >= 0.3 is 0 Å². The van der Waals surface area contributed by atoms with Crippen LogP contribution in [0.2, 0.25) is 0 Å². The first-order valence-electron chi connectivity index (χ1n) is 11.8. The predicted octanol–water partition coefficient (Wildman–Crippen LogP) is 4.96. The van der Waals surface area contributed by atoms with E-state index in [4.69, 9.17) is 9.15 Å². The third-order valence-electron chi connectivity index (χ3n) is 8.36. The fourth-order valence-corrected chi connectivity index (χ4v) is 6.71. The Hall–Kier alpha value is -2.07. The van der Waals surface area contributed by atoms with Gasteiger partial charge in [0, 0.05) is 29.0 Å². The molecule has 0 radical (unpaired) electrons. The number of rotatable bonds is 2. The summed E-state index contributed by atoms with van der Waals surface area (Å²) in [7, 11) is 0. The van der Waals surface area contributed by atoms with Crippen LogP contribution in [0.5, 0.6) is 5.75 Å². The fourth-order valence-electron chi connectivity index (χ4n) is 6.71. The van der Waals surface area contributed by atoms with E-state index in [9.17, 15) is 4.79 Å². The van der Waals surface area contributed by atoms with Crippen LogP contribution in [0.4, 0.5) is 0 Å². The van der Waals surface area contributed by atoms with Gasteiger partial charge in [0.05, 0.1) is 12.5 Å². The normalized spacial score (nSPS) is 32.7. The second-order valence-corrected chi connectivity index (χ2v) is 9.95. The lowest BCUT2D eigenvalue weighted by molar-refractivity contribution is -0.135. The molecule has 7 rings (SSSR count). The quantitative estimate of drug-likeness (QED) is 0.767. The molecule has 158 valence electrons. The lowest BCUT2D eigenvalue weighted by Gasteiger charge is -2.54. The largest absolute Gasteiger partial charge is 0.481 e. The van der Waals surface area contributed by atoms with Crippen molar-refractivity contribution in [2.24, 2.45) is 11.8 Å². The lowest BCUT2D eigenvalue weighted by atomic mass is 9.51. The summed E-state index contributed by atoms with van der Waals surface area (Å²) >= 11 is 0. The Morgan fingerprint density at radius 3 is 2.83 bits per heavy atom. The van der Waals surface area contributed by atoms with Crippen molar-refractivity contribution in [3.8, 4) is 16.9 Å². The Balaban J connectivity index is 0.000000310. The number of hydrogen-bond acceptors (Lipinski definition) is 4. The van der Waals surface area contributed by atoms with E-state index in [2.05, 4.69) is 25.2 Å². The number of ether oxygens (including phenoxy) is 1. The zero-order valence-electron chi connectivity index (χ0n) is 18.0. The molecule has 3 fully saturated rings. The highest BCUT2D eigenvalue weighted by Gasteiger charge is 2.64. The second-order valence-electron chi connectivity index (χ2n) is 9.95. The zero-order valence-corrected chi connectivity index (χ0v) is 18.0. The molecule has 0 amide bonds. The summed E-state index contributed by atoms with van der Waals surface area (Å²) in [4.78, 5) is 12.8. The Morgan fingerprint density at radius 1 is 1.27 bits per heavy atom. The van der Waals surface area contributed by atoms with Gasteiger partial charge in [0.15, 0.2) is 11.9 Å². The average molecular weight is 406 g/mol. The van der Waals surface area contributed by atoms with Crippen LogP contribution in [0, 0.1) is 18.8 Å². The van der Waals surface area contributed by atoms with E-state index in [1.54, 1.807) is 6.26 Å². The van der Waals surface area contributed by atoms with Gasteiger partial charge in [-0.15, -0.1) is 0 Å². The molecule has 1 spiro atoms. The second kappa shape index (κ2) is 6.71. The van der Waals surface area contributed by atoms with Gasteiger partial charge in [-0.05, 0) is 73.4 Å². The van der Waals surface area contributed by atoms with Gasteiger partial charge < -0.3 is 14.5 Å². The number of aryl methyl sites for hydroxylation is 1. The van der Waals surface area contributed by atoms with Gasteiger partial charge in [0.25, 0.3) is 0 Å². The topological polar surface area (TPSA) is 51.5 Å². The molecule has 4 heteroatoms. The first kappa shape index (κ1) is 18.7. The summed E-state index contributed by atoms with van der Waals surface area (Å²) in [6.45, 7) is 5.35. The summed E-state index contributed by atoms with van der Waals surface area (Å²) in [6, 6.07) is 4.69. The van der Waals surface area contributed by atoms with Gasteiger partial charge in [-0.25, -0.2) is 0 Å². The highest BCUT2D eigenvalue weighted by molar-refractivity contribution is 5.90. The van der Waals surface area contributed by atoms with Crippen molar-refractivity contribution in [3.63, 3.8) is 0 Å². The molecule has 1 saturated heterocycles. The van der Waals surface area contributed by atoms with Crippen molar-refractivity contribution < 1.29 is 13.9 Å². The third-order valence-corrected chi connectivity index (χ3v) is 8.36. The molecule has 2 bridgehead atoms. The van der Waals surface area contributed by atoms with Crippen LogP contribution in [0.25, 0.3) is 11.1 Å². The van der Waals surface area contributed by atoms with Crippen LogP contribution in [0.15, 0.2) is 29.1 Å². The van der Waals surface area contributed by atoms with E-state index in [1.165, 1.54) is 36.0 Å². The molecule has 3 aliphatic carbocycles. The fraction of sp³-hybridized carbons (Fsp3) is 0.577. The molecule has 4 atom stereocenters. The maximum Gasteiger partial charge on any atom is 0.174 e. The number of furan rings is 1. The number of ketones is 1. The van der Waals surface area contributed by atoms with Gasteiger partial charge in [-0.2, -0.15) is 0 Å². The van der Waals surface area contributed by atoms with Crippen LogP contribution >= 0.6 is 0 Å². The first-order valence-corrected chi connectivity index (χ1v) is 11.8. The van der Waals surface area contributed by atoms with Crippen molar-refractivity contribution in [3.05, 3.63) is 41.3 Å².